The fraction of sp³-hybridized carbons (Fsp3) is 0.435. The fourth-order valence-electron chi connectivity index (χ4n) is 2.95. The molecule has 0 spiro atoms. The van der Waals surface area contributed by atoms with Crippen LogP contribution in [0.25, 0.3) is 0 Å². The molecule has 0 atom stereocenters. The minimum Gasteiger partial charge on any atom is -0.494 e. The lowest BCUT2D eigenvalue weighted by Crippen LogP contribution is -2.30. The smallest absolute Gasteiger partial charge is 0.257 e. The first-order chi connectivity index (χ1) is 13.0. The van der Waals surface area contributed by atoms with Crippen molar-refractivity contribution in [3.05, 3.63) is 59.2 Å². The van der Waals surface area contributed by atoms with Gasteiger partial charge in [0, 0.05) is 6.54 Å². The number of aryl methyl sites for hydroxylation is 2. The van der Waals surface area contributed by atoms with Gasteiger partial charge in [-0.1, -0.05) is 44.2 Å². The number of para-hydroxylation sites is 1. The van der Waals surface area contributed by atoms with Crippen molar-refractivity contribution < 1.29 is 14.3 Å². The molecule has 2 aromatic rings. The summed E-state index contributed by atoms with van der Waals surface area (Å²) < 4.78 is 11.4. The van der Waals surface area contributed by atoms with Crippen LogP contribution in [0.15, 0.2) is 42.5 Å². The van der Waals surface area contributed by atoms with Crippen LogP contribution in [0.5, 0.6) is 11.5 Å². The second-order valence-electron chi connectivity index (χ2n) is 6.98. The Hall–Kier alpha value is -2.49. The summed E-state index contributed by atoms with van der Waals surface area (Å²) in [5.74, 6) is 1.99. The third-order valence-corrected chi connectivity index (χ3v) is 4.37. The first-order valence-corrected chi connectivity index (χ1v) is 9.72. The summed E-state index contributed by atoms with van der Waals surface area (Å²) in [4.78, 5) is 12.1. The number of ether oxygens (including phenoxy) is 2. The molecule has 0 fully saturated rings. The van der Waals surface area contributed by atoms with Crippen molar-refractivity contribution in [2.45, 2.75) is 46.5 Å². The molecular formula is C23H31NO3. The van der Waals surface area contributed by atoms with Crippen LogP contribution >= 0.6 is 0 Å². The number of hydrogen-bond acceptors (Lipinski definition) is 3. The molecule has 0 heterocycles. The number of rotatable bonds is 10. The second kappa shape index (κ2) is 10.6. The van der Waals surface area contributed by atoms with Gasteiger partial charge in [0.2, 0.25) is 0 Å². The van der Waals surface area contributed by atoms with Crippen molar-refractivity contribution in [3.63, 3.8) is 0 Å². The van der Waals surface area contributed by atoms with Crippen molar-refractivity contribution in [1.82, 2.24) is 5.32 Å². The van der Waals surface area contributed by atoms with Gasteiger partial charge in [0.1, 0.15) is 11.5 Å². The van der Waals surface area contributed by atoms with Gasteiger partial charge in [0.05, 0.1) is 6.61 Å². The molecule has 0 aliphatic heterocycles. The number of carbonyl (C=O) groups excluding carboxylic acids is 1. The Morgan fingerprint density at radius 2 is 1.85 bits per heavy atom. The summed E-state index contributed by atoms with van der Waals surface area (Å²) in [6.45, 7) is 9.57. The van der Waals surface area contributed by atoms with Crippen LogP contribution in [0.4, 0.5) is 0 Å². The van der Waals surface area contributed by atoms with Crippen LogP contribution in [0.2, 0.25) is 0 Å². The van der Waals surface area contributed by atoms with E-state index in [-0.39, 0.29) is 12.5 Å². The quantitative estimate of drug-likeness (QED) is 0.620. The molecule has 0 aromatic heterocycles. The van der Waals surface area contributed by atoms with Gasteiger partial charge in [-0.3, -0.25) is 4.79 Å². The predicted octanol–water partition coefficient (Wildman–Crippen LogP) is 4.64. The molecule has 27 heavy (non-hydrogen) atoms. The van der Waals surface area contributed by atoms with Gasteiger partial charge in [-0.15, -0.1) is 0 Å². The molecule has 0 radical (unpaired) electrons. The summed E-state index contributed by atoms with van der Waals surface area (Å²) in [6, 6.07) is 14.2. The Balaban J connectivity index is 1.77. The topological polar surface area (TPSA) is 47.6 Å². The van der Waals surface area contributed by atoms with Crippen LogP contribution in [0.3, 0.4) is 0 Å². The van der Waals surface area contributed by atoms with Gasteiger partial charge in [0.15, 0.2) is 6.61 Å². The summed E-state index contributed by atoms with van der Waals surface area (Å²) in [6.07, 6.45) is 1.73. The van der Waals surface area contributed by atoms with E-state index >= 15 is 0 Å². The largest absolute Gasteiger partial charge is 0.494 e. The molecule has 1 amide bonds. The number of carbonyl (C=O) groups is 1. The van der Waals surface area contributed by atoms with Gasteiger partial charge >= 0.3 is 0 Å². The molecule has 146 valence electrons. The van der Waals surface area contributed by atoms with Crippen LogP contribution in [0, 0.1) is 6.92 Å². The zero-order valence-corrected chi connectivity index (χ0v) is 16.9. The van der Waals surface area contributed by atoms with Crippen molar-refractivity contribution in [1.29, 1.82) is 0 Å². The molecule has 1 N–H and O–H groups in total. The number of benzene rings is 2. The van der Waals surface area contributed by atoms with E-state index in [1.807, 2.05) is 38.1 Å². The van der Waals surface area contributed by atoms with Gasteiger partial charge in [-0.25, -0.2) is 0 Å². The highest BCUT2D eigenvalue weighted by atomic mass is 16.5. The molecule has 4 heteroatoms. The molecule has 2 aromatic carbocycles. The zero-order valence-electron chi connectivity index (χ0n) is 16.9. The van der Waals surface area contributed by atoms with E-state index in [2.05, 4.69) is 37.4 Å². The third-order valence-electron chi connectivity index (χ3n) is 4.37. The molecule has 0 unspecified atom stereocenters. The molecule has 0 bridgehead atoms. The highest BCUT2D eigenvalue weighted by Gasteiger charge is 2.10. The van der Waals surface area contributed by atoms with Crippen molar-refractivity contribution >= 4 is 5.91 Å². The Morgan fingerprint density at radius 1 is 1.07 bits per heavy atom. The summed E-state index contributed by atoms with van der Waals surface area (Å²) in [5, 5.41) is 2.93. The van der Waals surface area contributed by atoms with Gasteiger partial charge in [-0.05, 0) is 61.4 Å². The monoisotopic (exact) mass is 369 g/mol. The predicted molar refractivity (Wildman–Crippen MR) is 110 cm³/mol. The Labute approximate surface area is 162 Å². The van der Waals surface area contributed by atoms with Crippen LogP contribution < -0.4 is 14.8 Å². The Morgan fingerprint density at radius 3 is 2.59 bits per heavy atom. The van der Waals surface area contributed by atoms with E-state index in [0.717, 1.165) is 35.5 Å². The van der Waals surface area contributed by atoms with Gasteiger partial charge < -0.3 is 14.8 Å². The lowest BCUT2D eigenvalue weighted by atomic mass is 10.0. The summed E-state index contributed by atoms with van der Waals surface area (Å²) >= 11 is 0. The standard InChI is InChI=1S/C23H31NO3/c1-5-26-21-11-7-6-9-19(21)10-8-14-24-23(25)16-27-22-15-18(4)12-13-20(22)17(2)3/h6-7,9,11-13,15,17H,5,8,10,14,16H2,1-4H3,(H,24,25). The Kier molecular flexibility index (Phi) is 8.18. The van der Waals surface area contributed by atoms with Crippen molar-refractivity contribution in [2.75, 3.05) is 19.8 Å². The maximum Gasteiger partial charge on any atom is 0.257 e. The summed E-state index contributed by atoms with van der Waals surface area (Å²) in [5.41, 5.74) is 3.43. The maximum atomic E-state index is 12.1. The molecule has 2 rings (SSSR count). The maximum absolute atomic E-state index is 12.1. The molecule has 4 nitrogen and oxygen atoms in total. The first kappa shape index (κ1) is 20.8. The minimum atomic E-state index is -0.0932. The molecule has 0 saturated carbocycles. The lowest BCUT2D eigenvalue weighted by molar-refractivity contribution is -0.123. The third kappa shape index (κ3) is 6.63. The lowest BCUT2D eigenvalue weighted by Gasteiger charge is -2.15. The van der Waals surface area contributed by atoms with E-state index < -0.39 is 0 Å². The number of amides is 1. The van der Waals surface area contributed by atoms with Crippen molar-refractivity contribution in [2.24, 2.45) is 0 Å². The van der Waals surface area contributed by atoms with E-state index in [1.54, 1.807) is 0 Å². The number of nitrogens with one attached hydrogen (secondary N) is 1. The first-order valence-electron chi connectivity index (χ1n) is 9.72. The van der Waals surface area contributed by atoms with Crippen LogP contribution in [0.1, 0.15) is 49.8 Å². The molecular weight excluding hydrogens is 338 g/mol. The SMILES string of the molecule is CCOc1ccccc1CCCNC(=O)COc1cc(C)ccc1C(C)C. The minimum absolute atomic E-state index is 0.0404. The fourth-order valence-corrected chi connectivity index (χ4v) is 2.95. The number of hydrogen-bond donors (Lipinski definition) is 1. The highest BCUT2D eigenvalue weighted by molar-refractivity contribution is 5.77. The molecule has 0 aliphatic rings. The van der Waals surface area contributed by atoms with Gasteiger partial charge in [0.25, 0.3) is 5.91 Å². The van der Waals surface area contributed by atoms with Crippen molar-refractivity contribution in [3.8, 4) is 11.5 Å². The van der Waals surface area contributed by atoms with Gasteiger partial charge in [-0.2, -0.15) is 0 Å². The van der Waals surface area contributed by atoms with E-state index in [4.69, 9.17) is 9.47 Å². The Bertz CT molecular complexity index is 740. The molecule has 0 saturated heterocycles. The highest BCUT2D eigenvalue weighted by Crippen LogP contribution is 2.27. The summed E-state index contributed by atoms with van der Waals surface area (Å²) in [7, 11) is 0. The normalized spacial score (nSPS) is 10.7. The zero-order chi connectivity index (χ0) is 19.6. The molecule has 0 aliphatic carbocycles. The van der Waals surface area contributed by atoms with E-state index in [1.165, 1.54) is 5.56 Å². The van der Waals surface area contributed by atoms with E-state index in [0.29, 0.717) is 19.1 Å². The second-order valence-corrected chi connectivity index (χ2v) is 6.98. The van der Waals surface area contributed by atoms with Crippen LogP contribution in [-0.4, -0.2) is 25.7 Å². The van der Waals surface area contributed by atoms with Crippen LogP contribution in [-0.2, 0) is 11.2 Å². The average Bonchev–Trinajstić information content (AvgIpc) is 2.64. The van der Waals surface area contributed by atoms with E-state index in [9.17, 15) is 4.79 Å². The average molecular weight is 370 g/mol.